The standard InChI is InChI=1S/C15H10BrClF2.C15H11ClF2/c16-9-11(7-10-3-1-2-4-14(10)17)13-6-5-12(18)8-15(13)19;1-10(8-11-4-2-3-5-14(11)16)13-7-6-12(17)9-15(13)18/h1-8H,9H2;2-9H,1H3. The first-order valence-electron chi connectivity index (χ1n) is 11.0. The van der Waals surface area contributed by atoms with Crippen LogP contribution in [0.2, 0.25) is 10.0 Å². The fourth-order valence-corrected chi connectivity index (χ4v) is 4.28. The molecule has 0 heterocycles. The van der Waals surface area contributed by atoms with Gasteiger partial charge in [-0.2, -0.15) is 0 Å². The lowest BCUT2D eigenvalue weighted by Crippen LogP contribution is -1.92. The molecule has 0 bridgehead atoms. The number of halogens is 7. The van der Waals surface area contributed by atoms with Crippen molar-refractivity contribution < 1.29 is 17.6 Å². The van der Waals surface area contributed by atoms with E-state index in [4.69, 9.17) is 23.2 Å². The Hall–Kier alpha value is -2.86. The second-order valence-corrected chi connectivity index (χ2v) is 9.30. The third-order valence-corrected chi connectivity index (χ3v) is 6.58. The second kappa shape index (κ2) is 13.6. The number of rotatable bonds is 5. The van der Waals surface area contributed by atoms with Crippen molar-refractivity contribution in [3.05, 3.63) is 140 Å². The molecule has 0 aliphatic carbocycles. The lowest BCUT2D eigenvalue weighted by atomic mass is 10.0. The Kier molecular flexibility index (Phi) is 10.6. The van der Waals surface area contributed by atoms with Gasteiger partial charge in [0.05, 0.1) is 0 Å². The normalized spacial score (nSPS) is 11.7. The summed E-state index contributed by atoms with van der Waals surface area (Å²) in [6.45, 7) is 1.76. The van der Waals surface area contributed by atoms with Crippen LogP contribution in [0, 0.1) is 23.3 Å². The van der Waals surface area contributed by atoms with E-state index < -0.39 is 23.3 Å². The summed E-state index contributed by atoms with van der Waals surface area (Å²) in [7, 11) is 0. The monoisotopic (exact) mass is 606 g/mol. The summed E-state index contributed by atoms with van der Waals surface area (Å²) >= 11 is 15.4. The highest BCUT2D eigenvalue weighted by Crippen LogP contribution is 2.27. The molecule has 0 aromatic heterocycles. The van der Waals surface area contributed by atoms with E-state index in [0.29, 0.717) is 37.6 Å². The minimum Gasteiger partial charge on any atom is -0.207 e. The molecular formula is C30H21BrCl2F4. The van der Waals surface area contributed by atoms with Gasteiger partial charge in [-0.15, -0.1) is 0 Å². The zero-order valence-corrected chi connectivity index (χ0v) is 22.7. The van der Waals surface area contributed by atoms with Crippen molar-refractivity contribution in [3.63, 3.8) is 0 Å². The molecule has 0 amide bonds. The van der Waals surface area contributed by atoms with E-state index in [1.165, 1.54) is 24.3 Å². The molecule has 0 saturated carbocycles. The number of alkyl halides is 1. The molecule has 4 aromatic carbocycles. The summed E-state index contributed by atoms with van der Waals surface area (Å²) in [4.78, 5) is 0. The van der Waals surface area contributed by atoms with Crippen LogP contribution in [0.3, 0.4) is 0 Å². The van der Waals surface area contributed by atoms with Crippen LogP contribution < -0.4 is 0 Å². The van der Waals surface area contributed by atoms with Crippen LogP contribution in [0.1, 0.15) is 29.2 Å². The fraction of sp³-hybridized carbons (Fsp3) is 0.0667. The van der Waals surface area contributed by atoms with Crippen molar-refractivity contribution in [3.8, 4) is 0 Å². The molecule has 0 aliphatic rings. The van der Waals surface area contributed by atoms with E-state index in [1.54, 1.807) is 31.2 Å². The Morgan fingerprint density at radius 3 is 1.59 bits per heavy atom. The number of hydrogen-bond donors (Lipinski definition) is 0. The Morgan fingerprint density at radius 2 is 1.14 bits per heavy atom. The van der Waals surface area contributed by atoms with E-state index in [0.717, 1.165) is 23.3 Å². The van der Waals surface area contributed by atoms with Crippen molar-refractivity contribution in [2.75, 3.05) is 5.33 Å². The molecule has 0 radical (unpaired) electrons. The van der Waals surface area contributed by atoms with Crippen LogP contribution >= 0.6 is 39.1 Å². The lowest BCUT2D eigenvalue weighted by Gasteiger charge is -2.07. The Labute approximate surface area is 232 Å². The van der Waals surface area contributed by atoms with Gasteiger partial charge in [-0.1, -0.05) is 75.5 Å². The molecule has 190 valence electrons. The van der Waals surface area contributed by atoms with Crippen LogP contribution in [0.5, 0.6) is 0 Å². The predicted octanol–water partition coefficient (Wildman–Crippen LogP) is 10.7. The number of benzene rings is 4. The van der Waals surface area contributed by atoms with Gasteiger partial charge in [-0.05, 0) is 77.7 Å². The summed E-state index contributed by atoms with van der Waals surface area (Å²) in [6.07, 6.45) is 3.56. The quantitative estimate of drug-likeness (QED) is 0.120. The summed E-state index contributed by atoms with van der Waals surface area (Å²) in [5.74, 6) is -2.33. The van der Waals surface area contributed by atoms with Crippen LogP contribution in [0.15, 0.2) is 84.9 Å². The Balaban J connectivity index is 0.000000206. The minimum absolute atomic E-state index is 0.359. The van der Waals surface area contributed by atoms with Gasteiger partial charge in [0, 0.05) is 38.6 Å². The van der Waals surface area contributed by atoms with Crippen molar-refractivity contribution in [1.29, 1.82) is 0 Å². The number of allylic oxidation sites excluding steroid dienone is 2. The molecule has 0 N–H and O–H groups in total. The fourth-order valence-electron chi connectivity index (χ4n) is 3.43. The molecule has 0 fully saturated rings. The van der Waals surface area contributed by atoms with Crippen molar-refractivity contribution in [1.82, 2.24) is 0 Å². The SMILES string of the molecule is CC(=Cc1ccccc1Cl)c1ccc(F)cc1F.Fc1ccc(C(=Cc2ccccc2Cl)CBr)c(F)c1. The van der Waals surface area contributed by atoms with Gasteiger partial charge in [-0.3, -0.25) is 0 Å². The van der Waals surface area contributed by atoms with Gasteiger partial charge in [-0.25, -0.2) is 17.6 Å². The van der Waals surface area contributed by atoms with Gasteiger partial charge in [0.1, 0.15) is 23.3 Å². The first kappa shape index (κ1) is 28.7. The van der Waals surface area contributed by atoms with Gasteiger partial charge in [0.2, 0.25) is 0 Å². The Morgan fingerprint density at radius 1 is 0.676 bits per heavy atom. The van der Waals surface area contributed by atoms with E-state index in [2.05, 4.69) is 15.9 Å². The minimum atomic E-state index is -0.590. The molecule has 0 atom stereocenters. The second-order valence-electron chi connectivity index (χ2n) is 7.92. The smallest absolute Gasteiger partial charge is 0.133 e. The van der Waals surface area contributed by atoms with Crippen LogP contribution in [0.4, 0.5) is 17.6 Å². The van der Waals surface area contributed by atoms with Gasteiger partial charge >= 0.3 is 0 Å². The summed E-state index contributed by atoms with van der Waals surface area (Å²) in [5, 5.41) is 1.63. The molecule has 7 heteroatoms. The molecule has 0 spiro atoms. The van der Waals surface area contributed by atoms with Crippen LogP contribution in [-0.4, -0.2) is 5.33 Å². The lowest BCUT2D eigenvalue weighted by molar-refractivity contribution is 0.580. The van der Waals surface area contributed by atoms with Crippen molar-refractivity contribution in [2.45, 2.75) is 6.92 Å². The average molecular weight is 608 g/mol. The third kappa shape index (κ3) is 8.06. The van der Waals surface area contributed by atoms with E-state index in [-0.39, 0.29) is 0 Å². The summed E-state index contributed by atoms with van der Waals surface area (Å²) in [6, 6.07) is 21.6. The van der Waals surface area contributed by atoms with Gasteiger partial charge in [0.15, 0.2) is 0 Å². The maximum atomic E-state index is 13.8. The molecule has 0 unspecified atom stereocenters. The zero-order chi connectivity index (χ0) is 26.9. The highest BCUT2D eigenvalue weighted by molar-refractivity contribution is 9.09. The zero-order valence-electron chi connectivity index (χ0n) is 19.6. The molecule has 0 aliphatic heterocycles. The maximum absolute atomic E-state index is 13.8. The molecule has 4 rings (SSSR count). The molecule has 0 saturated heterocycles. The van der Waals surface area contributed by atoms with Gasteiger partial charge in [0.25, 0.3) is 0 Å². The van der Waals surface area contributed by atoms with Crippen LogP contribution in [0.25, 0.3) is 23.3 Å². The molecule has 0 nitrogen and oxygen atoms in total. The van der Waals surface area contributed by atoms with E-state index in [9.17, 15) is 17.6 Å². The van der Waals surface area contributed by atoms with Crippen molar-refractivity contribution >= 4 is 62.4 Å². The molecule has 37 heavy (non-hydrogen) atoms. The van der Waals surface area contributed by atoms with E-state index in [1.807, 2.05) is 36.4 Å². The largest absolute Gasteiger partial charge is 0.207 e. The van der Waals surface area contributed by atoms with Crippen molar-refractivity contribution in [2.24, 2.45) is 0 Å². The average Bonchev–Trinajstić information content (AvgIpc) is 2.86. The predicted molar refractivity (Wildman–Crippen MR) is 151 cm³/mol. The van der Waals surface area contributed by atoms with Gasteiger partial charge < -0.3 is 0 Å². The third-order valence-electron chi connectivity index (χ3n) is 5.29. The van der Waals surface area contributed by atoms with Crippen LogP contribution in [-0.2, 0) is 0 Å². The molecular weight excluding hydrogens is 587 g/mol. The highest BCUT2D eigenvalue weighted by Gasteiger charge is 2.09. The first-order valence-corrected chi connectivity index (χ1v) is 12.9. The Bertz CT molecular complexity index is 1450. The summed E-state index contributed by atoms with van der Waals surface area (Å²) in [5.41, 5.74) is 3.73. The van der Waals surface area contributed by atoms with E-state index >= 15 is 0 Å². The maximum Gasteiger partial charge on any atom is 0.133 e. The molecule has 4 aromatic rings. The first-order chi connectivity index (χ1) is 17.7. The number of hydrogen-bond acceptors (Lipinski definition) is 0. The topological polar surface area (TPSA) is 0 Å². The summed E-state index contributed by atoms with van der Waals surface area (Å²) < 4.78 is 53.1. The highest BCUT2D eigenvalue weighted by atomic mass is 79.9.